The molecule has 2 amide bonds. The molecule has 0 saturated carbocycles. The molecule has 0 aliphatic heterocycles. The number of benzene rings is 1. The summed E-state index contributed by atoms with van der Waals surface area (Å²) in [6.45, 7) is 5.21. The van der Waals surface area contributed by atoms with E-state index in [4.69, 9.17) is 5.11 Å². The highest BCUT2D eigenvalue weighted by Crippen LogP contribution is 2.16. The first-order valence-electron chi connectivity index (χ1n) is 6.91. The van der Waals surface area contributed by atoms with Crippen molar-refractivity contribution in [3.63, 3.8) is 0 Å². The van der Waals surface area contributed by atoms with Gasteiger partial charge in [-0.15, -0.1) is 0 Å². The van der Waals surface area contributed by atoms with Crippen LogP contribution < -0.4 is 10.6 Å². The van der Waals surface area contributed by atoms with E-state index < -0.39 is 24.1 Å². The van der Waals surface area contributed by atoms with E-state index in [0.29, 0.717) is 24.0 Å². The Labute approximate surface area is 123 Å². The van der Waals surface area contributed by atoms with E-state index in [0.717, 1.165) is 0 Å². The summed E-state index contributed by atoms with van der Waals surface area (Å²) in [7, 11) is 0. The molecule has 21 heavy (non-hydrogen) atoms. The molecule has 2 unspecified atom stereocenters. The number of carbonyl (C=O) groups is 2. The zero-order chi connectivity index (χ0) is 16.0. The monoisotopic (exact) mass is 296 g/mol. The van der Waals surface area contributed by atoms with Crippen LogP contribution in [0.5, 0.6) is 0 Å². The normalized spacial score (nSPS) is 13.3. The molecule has 2 atom stereocenters. The average molecular weight is 296 g/mol. The summed E-state index contributed by atoms with van der Waals surface area (Å²) in [5.74, 6) is -1.41. The first-order valence-corrected chi connectivity index (χ1v) is 6.91. The van der Waals surface area contributed by atoms with Crippen LogP contribution in [0.25, 0.3) is 0 Å². The average Bonchev–Trinajstić information content (AvgIpc) is 2.41. The van der Waals surface area contributed by atoms with Gasteiger partial charge in [0.25, 0.3) is 0 Å². The Morgan fingerprint density at radius 1 is 1.33 bits per heavy atom. The number of rotatable bonds is 6. The largest absolute Gasteiger partial charge is 0.480 e. The lowest BCUT2D eigenvalue weighted by Crippen LogP contribution is -2.46. The number of hydrogen-bond acceptors (Lipinski definition) is 2. The van der Waals surface area contributed by atoms with Crippen molar-refractivity contribution in [3.05, 3.63) is 35.1 Å². The van der Waals surface area contributed by atoms with Crippen molar-refractivity contribution in [3.8, 4) is 0 Å². The Bertz CT molecular complexity index is 520. The summed E-state index contributed by atoms with van der Waals surface area (Å²) >= 11 is 0. The minimum atomic E-state index is -1.07. The second kappa shape index (κ2) is 7.61. The number of hydrogen-bond donors (Lipinski definition) is 3. The summed E-state index contributed by atoms with van der Waals surface area (Å²) in [4.78, 5) is 22.8. The van der Waals surface area contributed by atoms with Crippen LogP contribution in [-0.2, 0) is 4.79 Å². The van der Waals surface area contributed by atoms with Gasteiger partial charge in [0, 0.05) is 0 Å². The van der Waals surface area contributed by atoms with Crippen LogP contribution in [0, 0.1) is 12.7 Å². The predicted molar refractivity (Wildman–Crippen MR) is 77.6 cm³/mol. The van der Waals surface area contributed by atoms with Crippen molar-refractivity contribution in [2.75, 3.05) is 0 Å². The van der Waals surface area contributed by atoms with Crippen LogP contribution in [0.15, 0.2) is 18.2 Å². The number of carboxylic acids is 1. The van der Waals surface area contributed by atoms with E-state index in [1.54, 1.807) is 26.0 Å². The molecule has 1 aromatic carbocycles. The van der Waals surface area contributed by atoms with E-state index in [1.165, 1.54) is 6.07 Å². The van der Waals surface area contributed by atoms with Gasteiger partial charge < -0.3 is 15.7 Å². The quantitative estimate of drug-likeness (QED) is 0.755. The Balaban J connectivity index is 2.64. The third-order valence-corrected chi connectivity index (χ3v) is 3.22. The summed E-state index contributed by atoms with van der Waals surface area (Å²) in [6, 6.07) is 2.81. The molecule has 0 fully saturated rings. The van der Waals surface area contributed by atoms with Crippen molar-refractivity contribution in [2.24, 2.45) is 0 Å². The molecule has 1 aromatic rings. The number of carboxylic acid groups (broad SMARTS) is 1. The number of urea groups is 1. The molecule has 0 heterocycles. The Kier molecular flexibility index (Phi) is 6.14. The Morgan fingerprint density at radius 2 is 2.00 bits per heavy atom. The Hall–Kier alpha value is -2.11. The SMILES string of the molecule is CCCC(NC(=O)NC(C)c1ccc(C)c(F)c1)C(=O)O. The zero-order valence-corrected chi connectivity index (χ0v) is 12.4. The molecule has 116 valence electrons. The van der Waals surface area contributed by atoms with Gasteiger partial charge in [0.1, 0.15) is 11.9 Å². The highest BCUT2D eigenvalue weighted by atomic mass is 19.1. The second-order valence-electron chi connectivity index (χ2n) is 5.03. The molecule has 0 aliphatic carbocycles. The maximum absolute atomic E-state index is 13.5. The molecule has 5 nitrogen and oxygen atoms in total. The van der Waals surface area contributed by atoms with E-state index in [1.807, 2.05) is 6.92 Å². The smallest absolute Gasteiger partial charge is 0.326 e. The molecule has 0 aromatic heterocycles. The lowest BCUT2D eigenvalue weighted by Gasteiger charge is -2.18. The van der Waals surface area contributed by atoms with Gasteiger partial charge in [0.05, 0.1) is 6.04 Å². The fourth-order valence-electron chi connectivity index (χ4n) is 1.90. The van der Waals surface area contributed by atoms with E-state index >= 15 is 0 Å². The van der Waals surface area contributed by atoms with Crippen molar-refractivity contribution in [1.82, 2.24) is 10.6 Å². The summed E-state index contributed by atoms with van der Waals surface area (Å²) in [5.41, 5.74) is 1.15. The van der Waals surface area contributed by atoms with E-state index in [-0.39, 0.29) is 5.82 Å². The number of carbonyl (C=O) groups excluding carboxylic acids is 1. The summed E-state index contributed by atoms with van der Waals surface area (Å²) < 4.78 is 13.5. The number of aryl methyl sites for hydroxylation is 1. The lowest BCUT2D eigenvalue weighted by molar-refractivity contribution is -0.139. The van der Waals surface area contributed by atoms with Gasteiger partial charge in [-0.2, -0.15) is 0 Å². The minimum absolute atomic E-state index is 0.337. The number of aliphatic carboxylic acids is 1. The maximum Gasteiger partial charge on any atom is 0.326 e. The minimum Gasteiger partial charge on any atom is -0.480 e. The molecule has 0 radical (unpaired) electrons. The van der Waals surface area contributed by atoms with Crippen LogP contribution in [0.3, 0.4) is 0 Å². The topological polar surface area (TPSA) is 78.4 Å². The van der Waals surface area contributed by atoms with E-state index in [2.05, 4.69) is 10.6 Å². The van der Waals surface area contributed by atoms with Crippen molar-refractivity contribution in [2.45, 2.75) is 45.7 Å². The molecular formula is C15H21FN2O3. The van der Waals surface area contributed by atoms with Gasteiger partial charge in [0.15, 0.2) is 0 Å². The maximum atomic E-state index is 13.5. The fraction of sp³-hybridized carbons (Fsp3) is 0.467. The highest BCUT2D eigenvalue weighted by molar-refractivity contribution is 5.82. The van der Waals surface area contributed by atoms with Gasteiger partial charge in [-0.25, -0.2) is 14.0 Å². The fourth-order valence-corrected chi connectivity index (χ4v) is 1.90. The van der Waals surface area contributed by atoms with E-state index in [9.17, 15) is 14.0 Å². The third-order valence-electron chi connectivity index (χ3n) is 3.22. The summed E-state index contributed by atoms with van der Waals surface area (Å²) in [5, 5.41) is 14.0. The first-order chi connectivity index (χ1) is 9.85. The van der Waals surface area contributed by atoms with Gasteiger partial charge in [-0.05, 0) is 37.5 Å². The Morgan fingerprint density at radius 3 is 2.52 bits per heavy atom. The predicted octanol–water partition coefficient (Wildman–Crippen LogP) is 2.75. The van der Waals surface area contributed by atoms with Gasteiger partial charge in [-0.1, -0.05) is 25.5 Å². The molecule has 6 heteroatoms. The lowest BCUT2D eigenvalue weighted by atomic mass is 10.1. The molecule has 0 aliphatic rings. The van der Waals surface area contributed by atoms with Gasteiger partial charge >= 0.3 is 12.0 Å². The van der Waals surface area contributed by atoms with Crippen LogP contribution in [0.4, 0.5) is 9.18 Å². The molecule has 3 N–H and O–H groups in total. The molecule has 1 rings (SSSR count). The second-order valence-corrected chi connectivity index (χ2v) is 5.03. The van der Waals surface area contributed by atoms with Crippen LogP contribution >= 0.6 is 0 Å². The van der Waals surface area contributed by atoms with Gasteiger partial charge in [0.2, 0.25) is 0 Å². The highest BCUT2D eigenvalue weighted by Gasteiger charge is 2.20. The third kappa shape index (κ3) is 5.06. The van der Waals surface area contributed by atoms with Crippen LogP contribution in [0.1, 0.15) is 43.9 Å². The standard InChI is InChI=1S/C15H21FN2O3/c1-4-5-13(14(19)20)18-15(21)17-10(3)11-7-6-9(2)12(16)8-11/h6-8,10,13H,4-5H2,1-3H3,(H,19,20)(H2,17,18,21). The van der Waals surface area contributed by atoms with Crippen LogP contribution in [0.2, 0.25) is 0 Å². The number of amides is 2. The molecule has 0 bridgehead atoms. The zero-order valence-electron chi connectivity index (χ0n) is 12.4. The number of halogens is 1. The molecular weight excluding hydrogens is 275 g/mol. The van der Waals surface area contributed by atoms with Crippen LogP contribution in [-0.4, -0.2) is 23.1 Å². The van der Waals surface area contributed by atoms with Crippen molar-refractivity contribution < 1.29 is 19.1 Å². The number of nitrogens with one attached hydrogen (secondary N) is 2. The van der Waals surface area contributed by atoms with Crippen molar-refractivity contribution >= 4 is 12.0 Å². The molecule has 0 saturated heterocycles. The van der Waals surface area contributed by atoms with Crippen molar-refractivity contribution in [1.29, 1.82) is 0 Å². The molecule has 0 spiro atoms. The van der Waals surface area contributed by atoms with Gasteiger partial charge in [-0.3, -0.25) is 0 Å². The first kappa shape index (κ1) is 16.9. The summed E-state index contributed by atoms with van der Waals surface area (Å²) in [6.07, 6.45) is 1.01.